The molecule has 0 saturated heterocycles. The molecule has 1 aromatic carbocycles. The molecule has 1 aromatic heterocycles. The van der Waals surface area contributed by atoms with Crippen LogP contribution in [-0.2, 0) is 13.0 Å². The average molecular weight is 238 g/mol. The van der Waals surface area contributed by atoms with Gasteiger partial charge < -0.3 is 4.57 Å². The maximum atomic E-state index is 12.0. The fourth-order valence-electron chi connectivity index (χ4n) is 1.92. The van der Waals surface area contributed by atoms with E-state index < -0.39 is 0 Å². The van der Waals surface area contributed by atoms with Crippen molar-refractivity contribution in [3.05, 3.63) is 69.6 Å². The molecule has 0 spiro atoms. The summed E-state index contributed by atoms with van der Waals surface area (Å²) in [7, 11) is 0. The maximum Gasteiger partial charge on any atom is 0.268 e. The monoisotopic (exact) mass is 238 g/mol. The zero-order valence-corrected chi connectivity index (χ0v) is 10.3. The van der Waals surface area contributed by atoms with Crippen LogP contribution in [0.3, 0.4) is 0 Å². The quantitative estimate of drug-likeness (QED) is 0.823. The number of nitriles is 1. The van der Waals surface area contributed by atoms with Crippen LogP contribution in [0.25, 0.3) is 0 Å². The summed E-state index contributed by atoms with van der Waals surface area (Å²) in [5, 5.41) is 8.86. The van der Waals surface area contributed by atoms with Gasteiger partial charge in [0.05, 0.1) is 0 Å². The molecule has 0 aliphatic carbocycles. The molecule has 0 radical (unpaired) electrons. The lowest BCUT2D eigenvalue weighted by Gasteiger charge is -2.09. The third-order valence-corrected chi connectivity index (χ3v) is 2.98. The number of aryl methyl sites for hydroxylation is 2. The molecule has 0 atom stereocenters. The van der Waals surface area contributed by atoms with Crippen LogP contribution in [0.4, 0.5) is 0 Å². The summed E-state index contributed by atoms with van der Waals surface area (Å²) >= 11 is 0. The van der Waals surface area contributed by atoms with Gasteiger partial charge in [-0.15, -0.1) is 0 Å². The van der Waals surface area contributed by atoms with Crippen molar-refractivity contribution in [1.82, 2.24) is 4.57 Å². The van der Waals surface area contributed by atoms with E-state index in [4.69, 9.17) is 5.26 Å². The highest BCUT2D eigenvalue weighted by atomic mass is 16.1. The lowest BCUT2D eigenvalue weighted by atomic mass is 10.1. The van der Waals surface area contributed by atoms with Crippen LogP contribution < -0.4 is 5.56 Å². The average Bonchev–Trinajstić information content (AvgIpc) is 2.40. The van der Waals surface area contributed by atoms with Gasteiger partial charge in [0.1, 0.15) is 11.6 Å². The summed E-state index contributed by atoms with van der Waals surface area (Å²) < 4.78 is 1.66. The van der Waals surface area contributed by atoms with Crippen LogP contribution in [0.2, 0.25) is 0 Å². The second-order valence-electron chi connectivity index (χ2n) is 4.19. The van der Waals surface area contributed by atoms with E-state index in [2.05, 4.69) is 0 Å². The standard InChI is InChI=1S/C15H14N2O/c1-12-7-8-14(11-16)15(18)17(12)10-9-13-5-3-2-4-6-13/h2-8H,9-10H2,1H3. The predicted molar refractivity (Wildman–Crippen MR) is 70.3 cm³/mol. The first-order valence-electron chi connectivity index (χ1n) is 5.87. The third-order valence-electron chi connectivity index (χ3n) is 2.98. The van der Waals surface area contributed by atoms with Gasteiger partial charge in [0.2, 0.25) is 0 Å². The topological polar surface area (TPSA) is 45.8 Å². The fraction of sp³-hybridized carbons (Fsp3) is 0.200. The molecule has 3 heteroatoms. The van der Waals surface area contributed by atoms with E-state index in [1.54, 1.807) is 10.6 Å². The Balaban J connectivity index is 2.25. The summed E-state index contributed by atoms with van der Waals surface area (Å²) in [5.41, 5.74) is 2.07. The Kier molecular flexibility index (Phi) is 3.59. The van der Waals surface area contributed by atoms with Crippen molar-refractivity contribution in [3.8, 4) is 6.07 Å². The van der Waals surface area contributed by atoms with Gasteiger partial charge in [0.15, 0.2) is 0 Å². The minimum atomic E-state index is -0.201. The number of aromatic nitrogens is 1. The van der Waals surface area contributed by atoms with Crippen LogP contribution >= 0.6 is 0 Å². The van der Waals surface area contributed by atoms with Gasteiger partial charge in [-0.2, -0.15) is 5.26 Å². The van der Waals surface area contributed by atoms with E-state index in [0.717, 1.165) is 12.1 Å². The minimum Gasteiger partial charge on any atom is -0.311 e. The van der Waals surface area contributed by atoms with Gasteiger partial charge in [0, 0.05) is 12.2 Å². The van der Waals surface area contributed by atoms with Crippen molar-refractivity contribution in [2.75, 3.05) is 0 Å². The number of nitrogens with zero attached hydrogens (tertiary/aromatic N) is 2. The Bertz CT molecular complexity index is 636. The predicted octanol–water partition coefficient (Wildman–Crippen LogP) is 2.27. The van der Waals surface area contributed by atoms with E-state index in [-0.39, 0.29) is 11.1 Å². The van der Waals surface area contributed by atoms with Gasteiger partial charge >= 0.3 is 0 Å². The van der Waals surface area contributed by atoms with Crippen molar-refractivity contribution in [1.29, 1.82) is 5.26 Å². The molecule has 2 aromatic rings. The maximum absolute atomic E-state index is 12.0. The first kappa shape index (κ1) is 12.1. The smallest absolute Gasteiger partial charge is 0.268 e. The van der Waals surface area contributed by atoms with Gasteiger partial charge in [0.25, 0.3) is 5.56 Å². The lowest BCUT2D eigenvalue weighted by Crippen LogP contribution is -2.25. The number of hydrogen-bond acceptors (Lipinski definition) is 2. The van der Waals surface area contributed by atoms with Crippen molar-refractivity contribution in [3.63, 3.8) is 0 Å². The van der Waals surface area contributed by atoms with E-state index >= 15 is 0 Å². The SMILES string of the molecule is Cc1ccc(C#N)c(=O)n1CCc1ccccc1. The van der Waals surface area contributed by atoms with E-state index in [0.29, 0.717) is 6.54 Å². The minimum absolute atomic E-state index is 0.201. The highest BCUT2D eigenvalue weighted by Crippen LogP contribution is 2.03. The Labute approximate surface area is 106 Å². The zero-order valence-electron chi connectivity index (χ0n) is 10.3. The second-order valence-corrected chi connectivity index (χ2v) is 4.19. The molecule has 0 saturated carbocycles. The molecule has 0 N–H and O–H groups in total. The largest absolute Gasteiger partial charge is 0.311 e. The second kappa shape index (κ2) is 5.33. The molecule has 1 heterocycles. The van der Waals surface area contributed by atoms with E-state index in [1.165, 1.54) is 5.56 Å². The normalized spacial score (nSPS) is 10.0. The summed E-state index contributed by atoms with van der Waals surface area (Å²) in [5.74, 6) is 0. The van der Waals surface area contributed by atoms with Crippen LogP contribution in [0.1, 0.15) is 16.8 Å². The fourth-order valence-corrected chi connectivity index (χ4v) is 1.92. The Morgan fingerprint density at radius 2 is 1.89 bits per heavy atom. The molecule has 3 nitrogen and oxygen atoms in total. The summed E-state index contributed by atoms with van der Waals surface area (Å²) in [6.45, 7) is 2.48. The molecule has 90 valence electrons. The van der Waals surface area contributed by atoms with Crippen molar-refractivity contribution in [2.45, 2.75) is 19.9 Å². The molecule has 0 amide bonds. The first-order valence-corrected chi connectivity index (χ1v) is 5.87. The van der Waals surface area contributed by atoms with Gasteiger partial charge in [-0.1, -0.05) is 30.3 Å². The molecule has 2 rings (SSSR count). The van der Waals surface area contributed by atoms with Crippen LogP contribution in [0, 0.1) is 18.3 Å². The lowest BCUT2D eigenvalue weighted by molar-refractivity contribution is 0.647. The molecule has 0 aliphatic heterocycles. The number of benzene rings is 1. The third kappa shape index (κ3) is 2.49. The highest BCUT2D eigenvalue weighted by molar-refractivity contribution is 5.27. The number of rotatable bonds is 3. The zero-order chi connectivity index (χ0) is 13.0. The van der Waals surface area contributed by atoms with Crippen LogP contribution in [0.15, 0.2) is 47.3 Å². The Hall–Kier alpha value is -2.34. The van der Waals surface area contributed by atoms with Crippen molar-refractivity contribution < 1.29 is 0 Å². The van der Waals surface area contributed by atoms with E-state index in [1.807, 2.05) is 49.4 Å². The van der Waals surface area contributed by atoms with Crippen molar-refractivity contribution in [2.24, 2.45) is 0 Å². The molecule has 0 bridgehead atoms. The summed E-state index contributed by atoms with van der Waals surface area (Å²) in [4.78, 5) is 12.0. The summed E-state index contributed by atoms with van der Waals surface area (Å²) in [6.07, 6.45) is 0.788. The van der Waals surface area contributed by atoms with Gasteiger partial charge in [-0.3, -0.25) is 4.79 Å². The molecule has 0 aliphatic rings. The Morgan fingerprint density at radius 3 is 2.56 bits per heavy atom. The highest BCUT2D eigenvalue weighted by Gasteiger charge is 2.05. The molecular weight excluding hydrogens is 224 g/mol. The van der Waals surface area contributed by atoms with Crippen LogP contribution in [-0.4, -0.2) is 4.57 Å². The van der Waals surface area contributed by atoms with E-state index in [9.17, 15) is 4.79 Å². The molecular formula is C15H14N2O. The number of pyridine rings is 1. The van der Waals surface area contributed by atoms with Gasteiger partial charge in [-0.25, -0.2) is 0 Å². The molecule has 0 unspecified atom stereocenters. The van der Waals surface area contributed by atoms with Gasteiger partial charge in [-0.05, 0) is 31.0 Å². The first-order chi connectivity index (χ1) is 8.72. The van der Waals surface area contributed by atoms with Crippen LogP contribution in [0.5, 0.6) is 0 Å². The summed E-state index contributed by atoms with van der Waals surface area (Å²) in [6, 6.07) is 15.3. The molecule has 18 heavy (non-hydrogen) atoms. The van der Waals surface area contributed by atoms with Crippen molar-refractivity contribution >= 4 is 0 Å². The number of hydrogen-bond donors (Lipinski definition) is 0. The Morgan fingerprint density at radius 1 is 1.17 bits per heavy atom. The molecule has 0 fully saturated rings.